The number of carbonyl (C=O) groups excluding carboxylic acids is 1. The van der Waals surface area contributed by atoms with E-state index in [1.165, 1.54) is 31.2 Å². The standard InChI is InChI=1S/C28H44N2O/c1-4-9-25-20(3)16-28(22-10-7-6-8-11-22)18-21(25)17-27(5-2,19-28)26(31)30-24-14-12-23(29)13-15-24/h6-8,10-11,20-21,23-25H,4-5,9,12-19,29H2,1-3H3,(H,30,31). The van der Waals surface area contributed by atoms with Crippen LogP contribution < -0.4 is 11.1 Å². The molecule has 172 valence electrons. The zero-order valence-corrected chi connectivity index (χ0v) is 20.0. The van der Waals surface area contributed by atoms with Crippen LogP contribution in [0.25, 0.3) is 0 Å². The first-order valence-corrected chi connectivity index (χ1v) is 13.0. The van der Waals surface area contributed by atoms with Crippen molar-refractivity contribution in [3.05, 3.63) is 35.9 Å². The second-order valence-electron chi connectivity index (χ2n) is 11.3. The maximum atomic E-state index is 13.9. The maximum Gasteiger partial charge on any atom is 0.226 e. The van der Waals surface area contributed by atoms with Crippen LogP contribution in [0.1, 0.15) is 97.0 Å². The normalized spacial score (nSPS) is 40.3. The van der Waals surface area contributed by atoms with Crippen molar-refractivity contribution in [2.24, 2.45) is 28.9 Å². The van der Waals surface area contributed by atoms with Crippen molar-refractivity contribution < 1.29 is 4.79 Å². The van der Waals surface area contributed by atoms with Gasteiger partial charge in [-0.05, 0) is 86.5 Å². The van der Waals surface area contributed by atoms with E-state index in [2.05, 4.69) is 56.4 Å². The fraction of sp³-hybridized carbons (Fsp3) is 0.750. The molecule has 4 rings (SSSR count). The predicted octanol–water partition coefficient (Wildman–Crippen LogP) is 5.96. The van der Waals surface area contributed by atoms with Crippen LogP contribution in [0.15, 0.2) is 30.3 Å². The van der Waals surface area contributed by atoms with E-state index in [9.17, 15) is 4.79 Å². The van der Waals surface area contributed by atoms with Crippen molar-refractivity contribution in [3.63, 3.8) is 0 Å². The van der Waals surface area contributed by atoms with Crippen molar-refractivity contribution in [1.82, 2.24) is 5.32 Å². The topological polar surface area (TPSA) is 55.1 Å². The average Bonchev–Trinajstić information content (AvgIpc) is 2.78. The highest BCUT2D eigenvalue weighted by molar-refractivity contribution is 5.83. The highest BCUT2D eigenvalue weighted by atomic mass is 16.2. The van der Waals surface area contributed by atoms with E-state index in [-0.39, 0.29) is 10.8 Å². The molecule has 5 unspecified atom stereocenters. The number of amides is 1. The van der Waals surface area contributed by atoms with Gasteiger partial charge >= 0.3 is 0 Å². The smallest absolute Gasteiger partial charge is 0.226 e. The van der Waals surface area contributed by atoms with Gasteiger partial charge in [0.1, 0.15) is 0 Å². The minimum Gasteiger partial charge on any atom is -0.353 e. The molecular weight excluding hydrogens is 380 g/mol. The molecule has 3 N–H and O–H groups in total. The first-order valence-electron chi connectivity index (χ1n) is 13.0. The van der Waals surface area contributed by atoms with Crippen LogP contribution >= 0.6 is 0 Å². The molecule has 1 aromatic rings. The van der Waals surface area contributed by atoms with Gasteiger partial charge in [0.2, 0.25) is 5.91 Å². The van der Waals surface area contributed by atoms with Gasteiger partial charge < -0.3 is 11.1 Å². The first-order chi connectivity index (χ1) is 14.9. The molecule has 5 atom stereocenters. The van der Waals surface area contributed by atoms with Crippen LogP contribution in [0.2, 0.25) is 0 Å². The van der Waals surface area contributed by atoms with Crippen LogP contribution in [0, 0.1) is 23.2 Å². The highest BCUT2D eigenvalue weighted by Gasteiger charge is 2.56. The van der Waals surface area contributed by atoms with Gasteiger partial charge in [0.15, 0.2) is 0 Å². The quantitative estimate of drug-likeness (QED) is 0.592. The number of hydrogen-bond acceptors (Lipinski definition) is 2. The zero-order valence-electron chi connectivity index (χ0n) is 20.0. The number of carbonyl (C=O) groups is 1. The summed E-state index contributed by atoms with van der Waals surface area (Å²) < 4.78 is 0. The molecule has 1 amide bonds. The third-order valence-corrected chi connectivity index (χ3v) is 9.31. The Labute approximate surface area is 189 Å². The molecule has 0 heterocycles. The minimum absolute atomic E-state index is 0.149. The Hall–Kier alpha value is -1.35. The van der Waals surface area contributed by atoms with E-state index >= 15 is 0 Å². The molecule has 2 bridgehead atoms. The van der Waals surface area contributed by atoms with Gasteiger partial charge in [-0.2, -0.15) is 0 Å². The monoisotopic (exact) mass is 424 g/mol. The highest BCUT2D eigenvalue weighted by Crippen LogP contribution is 2.61. The van der Waals surface area contributed by atoms with Gasteiger partial charge in [0, 0.05) is 12.1 Å². The Morgan fingerprint density at radius 2 is 1.77 bits per heavy atom. The lowest BCUT2D eigenvalue weighted by atomic mass is 9.46. The SMILES string of the molecule is CCCC1C(C)CC2(c3ccccc3)CC1CC(CC)(C(=O)NC1CCC(N)CC1)C2. The molecule has 3 aliphatic rings. The molecule has 0 aliphatic heterocycles. The molecule has 3 aliphatic carbocycles. The lowest BCUT2D eigenvalue weighted by molar-refractivity contribution is -0.141. The maximum absolute atomic E-state index is 13.9. The van der Waals surface area contributed by atoms with Gasteiger partial charge in [0.05, 0.1) is 5.41 Å². The molecule has 3 fully saturated rings. The van der Waals surface area contributed by atoms with E-state index in [4.69, 9.17) is 5.73 Å². The van der Waals surface area contributed by atoms with E-state index in [1.54, 1.807) is 0 Å². The predicted molar refractivity (Wildman–Crippen MR) is 129 cm³/mol. The largest absolute Gasteiger partial charge is 0.353 e. The Bertz CT molecular complexity index is 737. The van der Waals surface area contributed by atoms with E-state index in [1.807, 2.05) is 0 Å². The average molecular weight is 425 g/mol. The van der Waals surface area contributed by atoms with Crippen LogP contribution in [0.4, 0.5) is 0 Å². The molecule has 3 heteroatoms. The van der Waals surface area contributed by atoms with Crippen LogP contribution in [0.5, 0.6) is 0 Å². The molecule has 3 nitrogen and oxygen atoms in total. The van der Waals surface area contributed by atoms with Gasteiger partial charge in [-0.25, -0.2) is 0 Å². The summed E-state index contributed by atoms with van der Waals surface area (Å²) >= 11 is 0. The van der Waals surface area contributed by atoms with Crippen LogP contribution in [-0.4, -0.2) is 18.0 Å². The van der Waals surface area contributed by atoms with Crippen molar-refractivity contribution in [3.8, 4) is 0 Å². The van der Waals surface area contributed by atoms with Crippen molar-refractivity contribution >= 4 is 5.91 Å². The number of fused-ring (bicyclic) bond motifs is 2. The Morgan fingerprint density at radius 3 is 2.42 bits per heavy atom. The van der Waals surface area contributed by atoms with E-state index in [0.717, 1.165) is 56.8 Å². The zero-order chi connectivity index (χ0) is 22.1. The Kier molecular flexibility index (Phi) is 6.82. The fourth-order valence-corrected chi connectivity index (χ4v) is 7.75. The lowest BCUT2D eigenvalue weighted by Gasteiger charge is -2.58. The first kappa shape index (κ1) is 22.8. The van der Waals surface area contributed by atoms with Crippen molar-refractivity contribution in [2.75, 3.05) is 0 Å². The second kappa shape index (κ2) is 9.25. The molecule has 0 aromatic heterocycles. The third kappa shape index (κ3) is 4.45. The Morgan fingerprint density at radius 1 is 1.06 bits per heavy atom. The molecule has 1 aromatic carbocycles. The molecule has 0 spiro atoms. The van der Waals surface area contributed by atoms with Crippen molar-refractivity contribution in [2.45, 2.75) is 109 Å². The van der Waals surface area contributed by atoms with Gasteiger partial charge in [-0.15, -0.1) is 0 Å². The number of benzene rings is 1. The molecule has 31 heavy (non-hydrogen) atoms. The summed E-state index contributed by atoms with van der Waals surface area (Å²) in [5.74, 6) is 2.48. The Balaban J connectivity index is 1.64. The summed E-state index contributed by atoms with van der Waals surface area (Å²) in [5, 5.41) is 3.52. The summed E-state index contributed by atoms with van der Waals surface area (Å²) in [4.78, 5) is 13.9. The summed E-state index contributed by atoms with van der Waals surface area (Å²) in [5.41, 5.74) is 7.50. The summed E-state index contributed by atoms with van der Waals surface area (Å²) in [6.07, 6.45) is 12.2. The van der Waals surface area contributed by atoms with Crippen LogP contribution in [-0.2, 0) is 10.2 Å². The van der Waals surface area contributed by atoms with E-state index in [0.29, 0.717) is 23.9 Å². The van der Waals surface area contributed by atoms with Gasteiger partial charge in [0.25, 0.3) is 0 Å². The van der Waals surface area contributed by atoms with Gasteiger partial charge in [-0.1, -0.05) is 63.9 Å². The molecule has 0 saturated heterocycles. The summed E-state index contributed by atoms with van der Waals surface area (Å²) in [6, 6.07) is 11.8. The number of hydrogen-bond donors (Lipinski definition) is 2. The summed E-state index contributed by atoms with van der Waals surface area (Å²) in [7, 11) is 0. The van der Waals surface area contributed by atoms with Gasteiger partial charge in [-0.3, -0.25) is 4.79 Å². The number of rotatable bonds is 6. The fourth-order valence-electron chi connectivity index (χ4n) is 7.75. The lowest BCUT2D eigenvalue weighted by Crippen LogP contribution is -2.57. The third-order valence-electron chi connectivity index (χ3n) is 9.31. The molecule has 3 saturated carbocycles. The number of nitrogens with one attached hydrogen (secondary N) is 1. The van der Waals surface area contributed by atoms with Crippen LogP contribution in [0.3, 0.4) is 0 Å². The minimum atomic E-state index is -0.232. The molecular formula is C28H44N2O. The summed E-state index contributed by atoms with van der Waals surface area (Å²) in [6.45, 7) is 7.06. The second-order valence-corrected chi connectivity index (χ2v) is 11.3. The molecule has 0 radical (unpaired) electrons. The van der Waals surface area contributed by atoms with Crippen molar-refractivity contribution in [1.29, 1.82) is 0 Å². The van der Waals surface area contributed by atoms with E-state index < -0.39 is 0 Å². The number of nitrogens with two attached hydrogens (primary N) is 1.